The zero-order valence-electron chi connectivity index (χ0n) is 14.1. The van der Waals surface area contributed by atoms with Gasteiger partial charge in [0.05, 0.1) is 6.54 Å². The van der Waals surface area contributed by atoms with E-state index in [4.69, 9.17) is 16.3 Å². The Balaban J connectivity index is 1.80. The number of carbonyl (C=O) groups is 2. The second kappa shape index (κ2) is 8.89. The average molecular weight is 354 g/mol. The van der Waals surface area contributed by atoms with Crippen molar-refractivity contribution in [1.82, 2.24) is 15.1 Å². The Morgan fingerprint density at radius 2 is 2.00 bits per heavy atom. The molecule has 1 N–H and O–H groups in total. The largest absolute Gasteiger partial charge is 0.481 e. The summed E-state index contributed by atoms with van der Waals surface area (Å²) in [6.45, 7) is 7.22. The summed E-state index contributed by atoms with van der Waals surface area (Å²) in [5.41, 5.74) is 0. The summed E-state index contributed by atoms with van der Waals surface area (Å²) in [6, 6.07) is 7.01. The van der Waals surface area contributed by atoms with Gasteiger partial charge in [0, 0.05) is 37.7 Å². The van der Waals surface area contributed by atoms with Crippen LogP contribution in [0.3, 0.4) is 0 Å². The van der Waals surface area contributed by atoms with Gasteiger partial charge < -0.3 is 15.0 Å². The normalized spacial score (nSPS) is 16.5. The Hall–Kier alpha value is -1.79. The van der Waals surface area contributed by atoms with Gasteiger partial charge in [0.2, 0.25) is 5.91 Å². The fourth-order valence-electron chi connectivity index (χ4n) is 2.63. The lowest BCUT2D eigenvalue weighted by molar-refractivity contribution is -0.139. The maximum Gasteiger partial charge on any atom is 0.263 e. The zero-order chi connectivity index (χ0) is 17.5. The Morgan fingerprint density at radius 1 is 1.29 bits per heavy atom. The smallest absolute Gasteiger partial charge is 0.263 e. The van der Waals surface area contributed by atoms with Gasteiger partial charge in [-0.15, -0.1) is 0 Å². The molecule has 1 aliphatic heterocycles. The molecule has 0 aromatic heterocycles. The summed E-state index contributed by atoms with van der Waals surface area (Å²) in [5, 5.41) is 3.36. The van der Waals surface area contributed by atoms with E-state index in [2.05, 4.69) is 10.2 Å². The highest BCUT2D eigenvalue weighted by atomic mass is 35.5. The fourth-order valence-corrected chi connectivity index (χ4v) is 2.81. The average Bonchev–Trinajstić information content (AvgIpc) is 2.55. The molecule has 7 heteroatoms. The first-order valence-electron chi connectivity index (χ1n) is 8.19. The number of carbonyl (C=O) groups excluding carboxylic acids is 2. The summed E-state index contributed by atoms with van der Waals surface area (Å²) >= 11 is 5.92. The highest BCUT2D eigenvalue weighted by Gasteiger charge is 2.26. The molecule has 24 heavy (non-hydrogen) atoms. The van der Waals surface area contributed by atoms with Gasteiger partial charge in [-0.05, 0) is 32.0 Å². The third kappa shape index (κ3) is 5.39. The topological polar surface area (TPSA) is 61.9 Å². The van der Waals surface area contributed by atoms with Gasteiger partial charge in [-0.1, -0.05) is 17.7 Å². The third-order valence-corrected chi connectivity index (χ3v) is 4.12. The molecule has 0 bridgehead atoms. The molecule has 1 saturated heterocycles. The second-order valence-corrected chi connectivity index (χ2v) is 6.21. The minimum atomic E-state index is -0.571. The lowest BCUT2D eigenvalue weighted by Gasteiger charge is -2.35. The standard InChI is InChI=1S/C17H24ClN3O3/c1-3-19-16(22)12-20-7-9-21(10-8-20)17(23)13(2)24-15-6-4-5-14(18)11-15/h4-6,11,13H,3,7-10,12H2,1-2H3,(H,19,22). The van der Waals surface area contributed by atoms with Crippen molar-refractivity contribution in [3.8, 4) is 5.75 Å². The highest BCUT2D eigenvalue weighted by Crippen LogP contribution is 2.19. The van der Waals surface area contributed by atoms with Gasteiger partial charge in [0.25, 0.3) is 5.91 Å². The van der Waals surface area contributed by atoms with Crippen LogP contribution in [0.2, 0.25) is 5.02 Å². The van der Waals surface area contributed by atoms with Gasteiger partial charge in [0.1, 0.15) is 5.75 Å². The van der Waals surface area contributed by atoms with Gasteiger partial charge >= 0.3 is 0 Å². The van der Waals surface area contributed by atoms with Crippen molar-refractivity contribution in [3.05, 3.63) is 29.3 Å². The van der Waals surface area contributed by atoms with Crippen LogP contribution in [0.15, 0.2) is 24.3 Å². The van der Waals surface area contributed by atoms with Crippen molar-refractivity contribution in [1.29, 1.82) is 0 Å². The maximum absolute atomic E-state index is 12.5. The monoisotopic (exact) mass is 353 g/mol. The Kier molecular flexibility index (Phi) is 6.87. The first-order chi connectivity index (χ1) is 11.5. The molecule has 6 nitrogen and oxygen atoms in total. The van der Waals surface area contributed by atoms with Crippen LogP contribution in [0.5, 0.6) is 5.75 Å². The van der Waals surface area contributed by atoms with Crippen LogP contribution >= 0.6 is 11.6 Å². The Labute approximate surface area is 147 Å². The molecule has 0 radical (unpaired) electrons. The summed E-state index contributed by atoms with van der Waals surface area (Å²) in [7, 11) is 0. The molecular formula is C17H24ClN3O3. The highest BCUT2D eigenvalue weighted by molar-refractivity contribution is 6.30. The number of rotatable bonds is 6. The zero-order valence-corrected chi connectivity index (χ0v) is 14.9. The predicted molar refractivity (Wildman–Crippen MR) is 93.2 cm³/mol. The van der Waals surface area contributed by atoms with Crippen molar-refractivity contribution < 1.29 is 14.3 Å². The molecular weight excluding hydrogens is 330 g/mol. The van der Waals surface area contributed by atoms with Crippen LogP contribution in [0.4, 0.5) is 0 Å². The molecule has 1 aromatic carbocycles. The molecule has 0 saturated carbocycles. The summed E-state index contributed by atoms with van der Waals surface area (Å²) in [6.07, 6.45) is -0.571. The molecule has 0 spiro atoms. The minimum Gasteiger partial charge on any atom is -0.481 e. The molecule has 132 valence electrons. The number of ether oxygens (including phenoxy) is 1. The predicted octanol–water partition coefficient (Wildman–Crippen LogP) is 1.39. The minimum absolute atomic E-state index is 0.0231. The lowest BCUT2D eigenvalue weighted by atomic mass is 10.2. The molecule has 2 amide bonds. The third-order valence-electron chi connectivity index (χ3n) is 3.88. The molecule has 1 atom stereocenters. The van der Waals surface area contributed by atoms with E-state index in [1.54, 1.807) is 36.1 Å². The van der Waals surface area contributed by atoms with Crippen LogP contribution in [0.25, 0.3) is 0 Å². The van der Waals surface area contributed by atoms with E-state index in [9.17, 15) is 9.59 Å². The molecule has 1 aromatic rings. The van der Waals surface area contributed by atoms with Crippen molar-refractivity contribution in [3.63, 3.8) is 0 Å². The van der Waals surface area contributed by atoms with E-state index in [1.807, 2.05) is 6.92 Å². The van der Waals surface area contributed by atoms with Crippen molar-refractivity contribution >= 4 is 23.4 Å². The van der Waals surface area contributed by atoms with E-state index in [0.717, 1.165) is 0 Å². The van der Waals surface area contributed by atoms with Gasteiger partial charge in [-0.2, -0.15) is 0 Å². The van der Waals surface area contributed by atoms with Crippen LogP contribution < -0.4 is 10.1 Å². The number of hydrogen-bond donors (Lipinski definition) is 1. The molecule has 1 heterocycles. The van der Waals surface area contributed by atoms with Crippen molar-refractivity contribution in [2.75, 3.05) is 39.3 Å². The second-order valence-electron chi connectivity index (χ2n) is 5.77. The Morgan fingerprint density at radius 3 is 2.62 bits per heavy atom. The van der Waals surface area contributed by atoms with Gasteiger partial charge in [0.15, 0.2) is 6.10 Å². The molecule has 1 unspecified atom stereocenters. The fraction of sp³-hybridized carbons (Fsp3) is 0.529. The van der Waals surface area contributed by atoms with Crippen LogP contribution in [0.1, 0.15) is 13.8 Å². The van der Waals surface area contributed by atoms with Crippen LogP contribution in [0, 0.1) is 0 Å². The van der Waals surface area contributed by atoms with E-state index < -0.39 is 6.10 Å². The molecule has 0 aliphatic carbocycles. The van der Waals surface area contributed by atoms with E-state index >= 15 is 0 Å². The van der Waals surface area contributed by atoms with E-state index in [1.165, 1.54) is 0 Å². The first kappa shape index (κ1) is 18.5. The van der Waals surface area contributed by atoms with Crippen molar-refractivity contribution in [2.45, 2.75) is 20.0 Å². The molecule has 2 rings (SSSR count). The van der Waals surface area contributed by atoms with Gasteiger partial charge in [-0.25, -0.2) is 0 Å². The number of amides is 2. The number of benzene rings is 1. The van der Waals surface area contributed by atoms with Crippen molar-refractivity contribution in [2.24, 2.45) is 0 Å². The molecule has 1 aliphatic rings. The lowest BCUT2D eigenvalue weighted by Crippen LogP contribution is -2.53. The number of nitrogens with one attached hydrogen (secondary N) is 1. The van der Waals surface area contributed by atoms with Gasteiger partial charge in [-0.3, -0.25) is 14.5 Å². The maximum atomic E-state index is 12.5. The Bertz CT molecular complexity index is 574. The summed E-state index contributed by atoms with van der Waals surface area (Å²) in [5.74, 6) is 0.556. The first-order valence-corrected chi connectivity index (χ1v) is 8.57. The number of nitrogens with zero attached hydrogens (tertiary/aromatic N) is 2. The number of piperazine rings is 1. The molecule has 1 fully saturated rings. The summed E-state index contributed by atoms with van der Waals surface area (Å²) in [4.78, 5) is 27.9. The number of hydrogen-bond acceptors (Lipinski definition) is 4. The van der Waals surface area contributed by atoms with E-state index in [-0.39, 0.29) is 11.8 Å². The number of halogens is 1. The van der Waals surface area contributed by atoms with Crippen LogP contribution in [-0.4, -0.2) is 67.0 Å². The summed E-state index contributed by atoms with van der Waals surface area (Å²) < 4.78 is 5.68. The van der Waals surface area contributed by atoms with E-state index in [0.29, 0.717) is 50.0 Å². The SMILES string of the molecule is CCNC(=O)CN1CCN(C(=O)C(C)Oc2cccc(Cl)c2)CC1. The quantitative estimate of drug-likeness (QED) is 0.839. The van der Waals surface area contributed by atoms with Crippen LogP contribution in [-0.2, 0) is 9.59 Å². The number of likely N-dealkylation sites (N-methyl/N-ethyl adjacent to an activating group) is 1.